The third-order valence-electron chi connectivity index (χ3n) is 2.95. The van der Waals surface area contributed by atoms with Crippen LogP contribution in [0, 0.1) is 5.92 Å². The highest BCUT2D eigenvalue weighted by molar-refractivity contribution is 5.87. The van der Waals surface area contributed by atoms with Crippen LogP contribution in [-0.2, 0) is 6.42 Å². The maximum Gasteiger partial charge on any atom is 0.335 e. The van der Waals surface area contributed by atoms with Crippen molar-refractivity contribution in [3.05, 3.63) is 35.4 Å². The van der Waals surface area contributed by atoms with Crippen molar-refractivity contribution in [3.63, 3.8) is 0 Å². The van der Waals surface area contributed by atoms with Gasteiger partial charge in [0, 0.05) is 0 Å². The first kappa shape index (κ1) is 13.7. The van der Waals surface area contributed by atoms with E-state index in [1.54, 1.807) is 18.2 Å². The van der Waals surface area contributed by atoms with Gasteiger partial charge in [0.2, 0.25) is 0 Å². The molecule has 0 bridgehead atoms. The Morgan fingerprint density at radius 1 is 1.47 bits per heavy atom. The first-order valence-electron chi connectivity index (χ1n) is 6.16. The van der Waals surface area contributed by atoms with Gasteiger partial charge in [0.15, 0.2) is 0 Å². The van der Waals surface area contributed by atoms with Crippen LogP contribution in [0.2, 0.25) is 0 Å². The second-order valence-electron chi connectivity index (χ2n) is 4.47. The second-order valence-corrected chi connectivity index (χ2v) is 4.47. The van der Waals surface area contributed by atoms with Crippen molar-refractivity contribution in [2.45, 2.75) is 26.7 Å². The predicted molar refractivity (Wildman–Crippen MR) is 69.4 cm³/mol. The number of rotatable bonds is 7. The van der Waals surface area contributed by atoms with Crippen molar-refractivity contribution in [1.82, 2.24) is 5.32 Å². The molecule has 17 heavy (non-hydrogen) atoms. The van der Waals surface area contributed by atoms with Crippen LogP contribution in [-0.4, -0.2) is 24.2 Å². The molecule has 0 heterocycles. The SMILES string of the molecule is CCC(C)CNCCc1cccc(C(=O)O)c1. The summed E-state index contributed by atoms with van der Waals surface area (Å²) in [6, 6.07) is 7.14. The molecule has 1 unspecified atom stereocenters. The largest absolute Gasteiger partial charge is 0.478 e. The van der Waals surface area contributed by atoms with Crippen LogP contribution >= 0.6 is 0 Å². The van der Waals surface area contributed by atoms with E-state index in [4.69, 9.17) is 5.11 Å². The smallest absolute Gasteiger partial charge is 0.335 e. The molecule has 1 aromatic carbocycles. The third kappa shape index (κ3) is 5.00. The highest BCUT2D eigenvalue weighted by Crippen LogP contribution is 2.06. The Kier molecular flexibility index (Phi) is 5.70. The monoisotopic (exact) mass is 235 g/mol. The Balaban J connectivity index is 2.36. The van der Waals surface area contributed by atoms with Crippen LogP contribution in [0.15, 0.2) is 24.3 Å². The van der Waals surface area contributed by atoms with Crippen LogP contribution in [0.4, 0.5) is 0 Å². The molecule has 0 amide bonds. The molecule has 0 radical (unpaired) electrons. The molecule has 0 spiro atoms. The molecular weight excluding hydrogens is 214 g/mol. The molecule has 0 aliphatic rings. The van der Waals surface area contributed by atoms with Gasteiger partial charge in [-0.25, -0.2) is 4.79 Å². The number of carboxylic acids is 1. The molecular formula is C14H21NO2. The Morgan fingerprint density at radius 2 is 2.24 bits per heavy atom. The highest BCUT2D eigenvalue weighted by Gasteiger charge is 2.03. The highest BCUT2D eigenvalue weighted by atomic mass is 16.4. The van der Waals surface area contributed by atoms with Gasteiger partial charge >= 0.3 is 5.97 Å². The van der Waals surface area contributed by atoms with E-state index in [-0.39, 0.29) is 0 Å². The first-order valence-corrected chi connectivity index (χ1v) is 6.16. The topological polar surface area (TPSA) is 49.3 Å². The lowest BCUT2D eigenvalue weighted by atomic mass is 10.1. The maximum absolute atomic E-state index is 10.8. The van der Waals surface area contributed by atoms with E-state index in [2.05, 4.69) is 19.2 Å². The summed E-state index contributed by atoms with van der Waals surface area (Å²) in [6.07, 6.45) is 2.05. The van der Waals surface area contributed by atoms with E-state index in [1.807, 2.05) is 6.07 Å². The number of carbonyl (C=O) groups is 1. The number of hydrogen-bond acceptors (Lipinski definition) is 2. The van der Waals surface area contributed by atoms with E-state index in [0.717, 1.165) is 25.1 Å². The quantitative estimate of drug-likeness (QED) is 0.714. The molecule has 0 aliphatic heterocycles. The Hall–Kier alpha value is -1.35. The fourth-order valence-electron chi connectivity index (χ4n) is 1.59. The van der Waals surface area contributed by atoms with Crippen LogP contribution in [0.25, 0.3) is 0 Å². The van der Waals surface area contributed by atoms with Crippen molar-refractivity contribution >= 4 is 5.97 Å². The summed E-state index contributed by atoms with van der Waals surface area (Å²) >= 11 is 0. The molecule has 1 aromatic rings. The summed E-state index contributed by atoms with van der Waals surface area (Å²) in [7, 11) is 0. The lowest BCUT2D eigenvalue weighted by molar-refractivity contribution is 0.0697. The number of aromatic carboxylic acids is 1. The molecule has 3 nitrogen and oxygen atoms in total. The van der Waals surface area contributed by atoms with Gasteiger partial charge in [0.05, 0.1) is 5.56 Å². The predicted octanol–water partition coefficient (Wildman–Crippen LogP) is 2.56. The van der Waals surface area contributed by atoms with Crippen molar-refractivity contribution < 1.29 is 9.90 Å². The molecule has 0 aromatic heterocycles. The molecule has 2 N–H and O–H groups in total. The van der Waals surface area contributed by atoms with E-state index in [1.165, 1.54) is 6.42 Å². The molecule has 0 aliphatic carbocycles. The van der Waals surface area contributed by atoms with E-state index in [9.17, 15) is 4.79 Å². The fraction of sp³-hybridized carbons (Fsp3) is 0.500. The summed E-state index contributed by atoms with van der Waals surface area (Å²) < 4.78 is 0. The van der Waals surface area contributed by atoms with Crippen LogP contribution in [0.3, 0.4) is 0 Å². The van der Waals surface area contributed by atoms with E-state index < -0.39 is 5.97 Å². The zero-order chi connectivity index (χ0) is 12.7. The minimum Gasteiger partial charge on any atom is -0.478 e. The molecule has 3 heteroatoms. The van der Waals surface area contributed by atoms with Gasteiger partial charge in [0.25, 0.3) is 0 Å². The van der Waals surface area contributed by atoms with Gasteiger partial charge < -0.3 is 10.4 Å². The van der Waals surface area contributed by atoms with Crippen molar-refractivity contribution in [1.29, 1.82) is 0 Å². The van der Waals surface area contributed by atoms with Gasteiger partial charge in [-0.05, 0) is 43.1 Å². The standard InChI is InChI=1S/C14H21NO2/c1-3-11(2)10-15-8-7-12-5-4-6-13(9-12)14(16)17/h4-6,9,11,15H,3,7-8,10H2,1-2H3,(H,16,17). The summed E-state index contributed by atoms with van der Waals surface area (Å²) in [5.74, 6) is -0.167. The molecule has 0 fully saturated rings. The summed E-state index contributed by atoms with van der Waals surface area (Å²) in [6.45, 7) is 6.32. The average Bonchev–Trinajstić information content (AvgIpc) is 2.34. The van der Waals surface area contributed by atoms with Gasteiger partial charge in [-0.3, -0.25) is 0 Å². The van der Waals surface area contributed by atoms with Crippen LogP contribution in [0.1, 0.15) is 36.2 Å². The molecule has 0 saturated carbocycles. The molecule has 1 atom stereocenters. The number of hydrogen-bond donors (Lipinski definition) is 2. The Labute approximate surface area is 103 Å². The zero-order valence-electron chi connectivity index (χ0n) is 10.6. The Morgan fingerprint density at radius 3 is 2.88 bits per heavy atom. The summed E-state index contributed by atoms with van der Waals surface area (Å²) in [5.41, 5.74) is 1.44. The van der Waals surface area contributed by atoms with Crippen LogP contribution < -0.4 is 5.32 Å². The Bertz CT molecular complexity index is 363. The normalized spacial score (nSPS) is 12.4. The lowest BCUT2D eigenvalue weighted by Gasteiger charge is -2.10. The zero-order valence-corrected chi connectivity index (χ0v) is 10.6. The van der Waals surface area contributed by atoms with Crippen molar-refractivity contribution in [3.8, 4) is 0 Å². The lowest BCUT2D eigenvalue weighted by Crippen LogP contribution is -2.23. The molecule has 1 rings (SSSR count). The third-order valence-corrected chi connectivity index (χ3v) is 2.95. The van der Waals surface area contributed by atoms with E-state index in [0.29, 0.717) is 11.5 Å². The molecule has 0 saturated heterocycles. The van der Waals surface area contributed by atoms with Crippen molar-refractivity contribution in [2.75, 3.05) is 13.1 Å². The van der Waals surface area contributed by atoms with Gasteiger partial charge in [-0.2, -0.15) is 0 Å². The van der Waals surface area contributed by atoms with Crippen molar-refractivity contribution in [2.24, 2.45) is 5.92 Å². The average molecular weight is 235 g/mol. The number of nitrogens with one attached hydrogen (secondary N) is 1. The summed E-state index contributed by atoms with van der Waals surface area (Å²) in [4.78, 5) is 10.8. The second kappa shape index (κ2) is 7.07. The minimum absolute atomic E-state index is 0.365. The number of benzene rings is 1. The maximum atomic E-state index is 10.8. The van der Waals surface area contributed by atoms with Gasteiger partial charge in [-0.1, -0.05) is 32.4 Å². The van der Waals surface area contributed by atoms with Gasteiger partial charge in [0.1, 0.15) is 0 Å². The summed E-state index contributed by atoms with van der Waals surface area (Å²) in [5, 5.41) is 12.3. The van der Waals surface area contributed by atoms with E-state index >= 15 is 0 Å². The van der Waals surface area contributed by atoms with Gasteiger partial charge in [-0.15, -0.1) is 0 Å². The first-order chi connectivity index (χ1) is 8.13. The fourth-order valence-corrected chi connectivity index (χ4v) is 1.59. The molecule has 94 valence electrons. The van der Waals surface area contributed by atoms with Crippen LogP contribution in [0.5, 0.6) is 0 Å². The number of carboxylic acid groups (broad SMARTS) is 1. The minimum atomic E-state index is -0.862.